The number of fused-ring (bicyclic) bond motifs is 1. The largest absolute Gasteiger partial charge is 0.449 e. The first-order valence-electron chi connectivity index (χ1n) is 10.3. The summed E-state index contributed by atoms with van der Waals surface area (Å²) in [5.41, 5.74) is 7.28. The maximum atomic E-state index is 12.4. The molecule has 2 amide bonds. The van der Waals surface area contributed by atoms with Crippen molar-refractivity contribution in [2.24, 2.45) is 0 Å². The van der Waals surface area contributed by atoms with Crippen molar-refractivity contribution in [2.45, 2.75) is 13.3 Å². The van der Waals surface area contributed by atoms with Crippen molar-refractivity contribution in [3.05, 3.63) is 64.9 Å². The van der Waals surface area contributed by atoms with Crippen LogP contribution in [0.4, 0.5) is 5.69 Å². The Morgan fingerprint density at radius 3 is 2.45 bits per heavy atom. The van der Waals surface area contributed by atoms with Gasteiger partial charge in [-0.05, 0) is 25.1 Å². The molecule has 7 nitrogen and oxygen atoms in total. The molecule has 2 aromatic carbocycles. The summed E-state index contributed by atoms with van der Waals surface area (Å²) in [5, 5.41) is 1.22. The lowest BCUT2D eigenvalue weighted by molar-refractivity contribution is -0.122. The summed E-state index contributed by atoms with van der Waals surface area (Å²) < 4.78 is 5.62. The third kappa shape index (κ3) is 4.84. The summed E-state index contributed by atoms with van der Waals surface area (Å²) in [6.45, 7) is 6.07. The molecule has 2 heterocycles. The maximum absolute atomic E-state index is 12.4. The number of halogens is 1. The molecule has 0 aliphatic carbocycles. The monoisotopic (exact) mass is 440 g/mol. The van der Waals surface area contributed by atoms with Gasteiger partial charge in [-0.25, -0.2) is 0 Å². The molecule has 4 rings (SSSR count). The number of aryl methyl sites for hydroxylation is 1. The number of carbonyl (C=O) groups excluding carboxylic acids is 2. The minimum atomic E-state index is -0.505. The molecule has 8 heteroatoms. The number of hydrogen-bond acceptors (Lipinski definition) is 5. The first-order valence-corrected chi connectivity index (χ1v) is 10.7. The van der Waals surface area contributed by atoms with Gasteiger partial charge in [0.2, 0.25) is 5.91 Å². The van der Waals surface area contributed by atoms with E-state index in [1.54, 1.807) is 19.1 Å². The summed E-state index contributed by atoms with van der Waals surface area (Å²) in [5.74, 6) is -0.610. The van der Waals surface area contributed by atoms with Crippen LogP contribution in [-0.4, -0.2) is 49.4 Å². The zero-order chi connectivity index (χ0) is 21.8. The lowest BCUT2D eigenvalue weighted by Crippen LogP contribution is -2.48. The highest BCUT2D eigenvalue weighted by Gasteiger charge is 2.20. The van der Waals surface area contributed by atoms with E-state index in [2.05, 4.69) is 32.8 Å². The molecule has 2 N–H and O–H groups in total. The maximum Gasteiger partial charge on any atom is 0.305 e. The molecule has 0 bridgehead atoms. The molecule has 0 spiro atoms. The van der Waals surface area contributed by atoms with E-state index in [0.29, 0.717) is 29.1 Å². The number of para-hydroxylation sites is 2. The highest BCUT2D eigenvalue weighted by molar-refractivity contribution is 6.35. The highest BCUT2D eigenvalue weighted by atomic mass is 35.5. The smallest absolute Gasteiger partial charge is 0.305 e. The Kier molecular flexibility index (Phi) is 6.44. The second-order valence-corrected chi connectivity index (χ2v) is 8.00. The van der Waals surface area contributed by atoms with Crippen LogP contribution in [0.2, 0.25) is 5.02 Å². The van der Waals surface area contributed by atoms with Gasteiger partial charge in [-0.1, -0.05) is 41.9 Å². The lowest BCUT2D eigenvalue weighted by atomic mass is 10.1. The molecule has 0 saturated carbocycles. The Bertz CT molecular complexity index is 1080. The van der Waals surface area contributed by atoms with Crippen LogP contribution in [0.3, 0.4) is 0 Å². The summed E-state index contributed by atoms with van der Waals surface area (Å²) in [4.78, 5) is 29.3. The Hall–Kier alpha value is -3.03. The molecular formula is C23H25ClN4O3. The fourth-order valence-corrected chi connectivity index (χ4v) is 4.01. The van der Waals surface area contributed by atoms with Gasteiger partial charge in [0.25, 0.3) is 0 Å². The Morgan fingerprint density at radius 1 is 1.00 bits per heavy atom. The molecule has 1 aliphatic rings. The van der Waals surface area contributed by atoms with E-state index in [1.807, 2.05) is 24.3 Å². The summed E-state index contributed by atoms with van der Waals surface area (Å²) in [6.07, 6.45) is 0.302. The number of piperazine rings is 1. The van der Waals surface area contributed by atoms with Gasteiger partial charge in [0.1, 0.15) is 0 Å². The van der Waals surface area contributed by atoms with Gasteiger partial charge < -0.3 is 9.32 Å². The SMILES string of the molecule is Cc1c(C(=O)NNC(=O)CCN2CCN(c3ccccc3)CC2)oc2c(Cl)cccc12. The normalized spacial score (nSPS) is 14.6. The van der Waals surface area contributed by atoms with E-state index in [1.165, 1.54) is 5.69 Å². The van der Waals surface area contributed by atoms with Crippen molar-refractivity contribution in [1.29, 1.82) is 0 Å². The topological polar surface area (TPSA) is 77.8 Å². The predicted octanol–water partition coefficient (Wildman–Crippen LogP) is 3.37. The number of carbonyl (C=O) groups is 2. The van der Waals surface area contributed by atoms with Crippen LogP contribution in [-0.2, 0) is 4.79 Å². The Balaban J connectivity index is 1.23. The van der Waals surface area contributed by atoms with Crippen molar-refractivity contribution < 1.29 is 14.0 Å². The molecule has 162 valence electrons. The molecule has 0 radical (unpaired) electrons. The number of nitrogens with zero attached hydrogens (tertiary/aromatic N) is 2. The first kappa shape index (κ1) is 21.2. The van der Waals surface area contributed by atoms with E-state index in [4.69, 9.17) is 16.0 Å². The fourth-order valence-electron chi connectivity index (χ4n) is 3.80. The second kappa shape index (κ2) is 9.41. The van der Waals surface area contributed by atoms with E-state index < -0.39 is 5.91 Å². The van der Waals surface area contributed by atoms with Crippen molar-refractivity contribution in [3.63, 3.8) is 0 Å². The van der Waals surface area contributed by atoms with Gasteiger partial charge in [-0.15, -0.1) is 0 Å². The van der Waals surface area contributed by atoms with Crippen LogP contribution in [0.1, 0.15) is 22.5 Å². The van der Waals surface area contributed by atoms with Crippen molar-refractivity contribution in [2.75, 3.05) is 37.6 Å². The molecular weight excluding hydrogens is 416 g/mol. The molecule has 1 aliphatic heterocycles. The van der Waals surface area contributed by atoms with Crippen LogP contribution in [0.15, 0.2) is 52.9 Å². The third-order valence-corrected chi connectivity index (χ3v) is 5.88. The van der Waals surface area contributed by atoms with Crippen LogP contribution in [0, 0.1) is 6.92 Å². The standard InChI is InChI=1S/C23H25ClN4O3/c1-16-18-8-5-9-19(24)22(18)31-21(16)23(30)26-25-20(29)10-11-27-12-14-28(15-13-27)17-6-3-2-4-7-17/h2-9H,10-15H2,1H3,(H,25,29)(H,26,30). The van der Waals surface area contributed by atoms with Crippen molar-refractivity contribution in [3.8, 4) is 0 Å². The Morgan fingerprint density at radius 2 is 1.74 bits per heavy atom. The minimum absolute atomic E-state index is 0.139. The minimum Gasteiger partial charge on any atom is -0.449 e. The number of benzene rings is 2. The molecule has 1 aromatic heterocycles. The van der Waals surface area contributed by atoms with Crippen molar-refractivity contribution in [1.82, 2.24) is 15.8 Å². The number of hydrogen-bond donors (Lipinski definition) is 2. The van der Waals surface area contributed by atoms with E-state index >= 15 is 0 Å². The van der Waals surface area contributed by atoms with E-state index in [9.17, 15) is 9.59 Å². The first-order chi connectivity index (χ1) is 15.0. The zero-order valence-corrected chi connectivity index (χ0v) is 18.1. The number of anilines is 1. The lowest BCUT2D eigenvalue weighted by Gasteiger charge is -2.36. The molecule has 0 unspecified atom stereocenters. The fraction of sp³-hybridized carbons (Fsp3) is 0.304. The van der Waals surface area contributed by atoms with Crippen molar-refractivity contribution >= 4 is 40.1 Å². The van der Waals surface area contributed by atoms with Gasteiger partial charge in [-0.3, -0.25) is 25.3 Å². The average molecular weight is 441 g/mol. The average Bonchev–Trinajstić information content (AvgIpc) is 3.15. The summed E-state index contributed by atoms with van der Waals surface area (Å²) >= 11 is 6.13. The zero-order valence-electron chi connectivity index (χ0n) is 17.4. The predicted molar refractivity (Wildman–Crippen MR) is 121 cm³/mol. The number of furan rings is 1. The third-order valence-electron chi connectivity index (χ3n) is 5.59. The van der Waals surface area contributed by atoms with Crippen LogP contribution in [0.5, 0.6) is 0 Å². The van der Waals surface area contributed by atoms with E-state index in [-0.39, 0.29) is 11.7 Å². The summed E-state index contributed by atoms with van der Waals surface area (Å²) in [7, 11) is 0. The quantitative estimate of drug-likeness (QED) is 0.595. The van der Waals surface area contributed by atoms with Gasteiger partial charge >= 0.3 is 5.91 Å². The molecule has 31 heavy (non-hydrogen) atoms. The van der Waals surface area contributed by atoms with Gasteiger partial charge in [-0.2, -0.15) is 0 Å². The number of rotatable bonds is 5. The van der Waals surface area contributed by atoms with E-state index in [0.717, 1.165) is 31.6 Å². The molecule has 1 fully saturated rings. The van der Waals surface area contributed by atoms with Gasteiger partial charge in [0, 0.05) is 55.8 Å². The molecule has 1 saturated heterocycles. The van der Waals surface area contributed by atoms with Crippen LogP contribution >= 0.6 is 11.6 Å². The van der Waals surface area contributed by atoms with Gasteiger partial charge in [0.15, 0.2) is 11.3 Å². The van der Waals surface area contributed by atoms with Crippen LogP contribution in [0.25, 0.3) is 11.0 Å². The Labute approximate surface area is 185 Å². The number of nitrogens with one attached hydrogen (secondary N) is 2. The number of amides is 2. The molecule has 0 atom stereocenters. The summed E-state index contributed by atoms with van der Waals surface area (Å²) in [6, 6.07) is 15.7. The highest BCUT2D eigenvalue weighted by Crippen LogP contribution is 2.30. The number of hydrazine groups is 1. The molecule has 3 aromatic rings. The van der Waals surface area contributed by atoms with Gasteiger partial charge in [0.05, 0.1) is 5.02 Å². The second-order valence-electron chi connectivity index (χ2n) is 7.59. The van der Waals surface area contributed by atoms with Crippen LogP contribution < -0.4 is 15.8 Å².